The van der Waals surface area contributed by atoms with Crippen molar-refractivity contribution in [1.82, 2.24) is 15.1 Å². The summed E-state index contributed by atoms with van der Waals surface area (Å²) < 4.78 is 11.3. The lowest BCUT2D eigenvalue weighted by Gasteiger charge is -2.39. The molecule has 2 fully saturated rings. The quantitative estimate of drug-likeness (QED) is 0.481. The van der Waals surface area contributed by atoms with Crippen LogP contribution in [-0.4, -0.2) is 78.9 Å². The second-order valence-electron chi connectivity index (χ2n) is 8.50. The Hall–Kier alpha value is -0.770. The number of rotatable bonds is 4. The number of carbonyl (C=O) groups is 1. The van der Waals surface area contributed by atoms with Gasteiger partial charge in [-0.1, -0.05) is 0 Å². The van der Waals surface area contributed by atoms with E-state index in [9.17, 15) is 4.79 Å². The van der Waals surface area contributed by atoms with Gasteiger partial charge in [-0.05, 0) is 52.9 Å². The Kier molecular flexibility index (Phi) is 8.45. The van der Waals surface area contributed by atoms with Gasteiger partial charge in [0.2, 0.25) is 0 Å². The second-order valence-corrected chi connectivity index (χ2v) is 8.50. The van der Waals surface area contributed by atoms with E-state index in [1.807, 2.05) is 25.7 Å². The topological polar surface area (TPSA) is 66.4 Å². The van der Waals surface area contributed by atoms with Gasteiger partial charge in [0, 0.05) is 32.8 Å². The molecule has 2 saturated heterocycles. The minimum absolute atomic E-state index is 0. The van der Waals surface area contributed by atoms with Gasteiger partial charge >= 0.3 is 6.09 Å². The number of amides is 1. The number of piperazine rings is 1. The molecule has 2 unspecified atom stereocenters. The SMILES string of the molecule is CC(C)(C)OC(=O)N1CCN2C(NCCCC3CCCCO3)=NCC2C1.I. The normalized spacial score (nSPS) is 25.4. The highest BCUT2D eigenvalue weighted by atomic mass is 127. The fourth-order valence-electron chi connectivity index (χ4n) is 3.79. The lowest BCUT2D eigenvalue weighted by atomic mass is 10.0. The van der Waals surface area contributed by atoms with Crippen LogP contribution in [0.5, 0.6) is 0 Å². The van der Waals surface area contributed by atoms with Crippen molar-refractivity contribution in [2.75, 3.05) is 39.3 Å². The summed E-state index contributed by atoms with van der Waals surface area (Å²) >= 11 is 0. The number of carbonyl (C=O) groups excluding carboxylic acids is 1. The summed E-state index contributed by atoms with van der Waals surface area (Å²) in [6, 6.07) is 0.264. The predicted molar refractivity (Wildman–Crippen MR) is 117 cm³/mol. The van der Waals surface area contributed by atoms with E-state index in [0.29, 0.717) is 19.2 Å². The Morgan fingerprint density at radius 3 is 2.85 bits per heavy atom. The molecule has 3 rings (SSSR count). The molecule has 8 heteroatoms. The molecule has 3 aliphatic heterocycles. The highest BCUT2D eigenvalue weighted by Crippen LogP contribution is 2.19. The molecular weight excluding hydrogens is 459 g/mol. The number of ether oxygens (including phenoxy) is 2. The first-order chi connectivity index (χ1) is 12.4. The van der Waals surface area contributed by atoms with Crippen molar-refractivity contribution < 1.29 is 14.3 Å². The summed E-state index contributed by atoms with van der Waals surface area (Å²) in [5.41, 5.74) is -0.449. The maximum absolute atomic E-state index is 12.3. The third-order valence-electron chi connectivity index (χ3n) is 5.12. The molecule has 27 heavy (non-hydrogen) atoms. The number of hydrogen-bond acceptors (Lipinski definition) is 6. The molecule has 3 heterocycles. The van der Waals surface area contributed by atoms with Gasteiger partial charge in [-0.15, -0.1) is 24.0 Å². The zero-order valence-corrected chi connectivity index (χ0v) is 19.2. The van der Waals surface area contributed by atoms with Crippen molar-refractivity contribution in [3.63, 3.8) is 0 Å². The van der Waals surface area contributed by atoms with E-state index in [-0.39, 0.29) is 36.1 Å². The highest BCUT2D eigenvalue weighted by Gasteiger charge is 2.36. The fourth-order valence-corrected chi connectivity index (χ4v) is 3.79. The third-order valence-corrected chi connectivity index (χ3v) is 5.12. The minimum Gasteiger partial charge on any atom is -0.444 e. The summed E-state index contributed by atoms with van der Waals surface area (Å²) in [7, 11) is 0. The Morgan fingerprint density at radius 1 is 1.33 bits per heavy atom. The molecule has 0 aromatic rings. The summed E-state index contributed by atoms with van der Waals surface area (Å²) in [5.74, 6) is 0.989. The van der Waals surface area contributed by atoms with E-state index in [1.165, 1.54) is 19.3 Å². The van der Waals surface area contributed by atoms with Crippen molar-refractivity contribution in [2.45, 2.75) is 70.6 Å². The van der Waals surface area contributed by atoms with Crippen molar-refractivity contribution in [3.05, 3.63) is 0 Å². The standard InChI is InChI=1S/C19H34N4O3.HI/c1-19(2,3)26-18(24)22-10-11-23-15(14-22)13-21-17(23)20-9-6-8-16-7-4-5-12-25-16;/h15-16H,4-14H2,1-3H3,(H,20,21);1H. The van der Waals surface area contributed by atoms with Crippen LogP contribution < -0.4 is 5.32 Å². The van der Waals surface area contributed by atoms with E-state index in [4.69, 9.17) is 9.47 Å². The van der Waals surface area contributed by atoms with Crippen molar-refractivity contribution in [3.8, 4) is 0 Å². The average molecular weight is 494 g/mol. The van der Waals surface area contributed by atoms with Crippen molar-refractivity contribution in [1.29, 1.82) is 0 Å². The van der Waals surface area contributed by atoms with Gasteiger partial charge in [-0.2, -0.15) is 0 Å². The van der Waals surface area contributed by atoms with Gasteiger partial charge in [-0.3, -0.25) is 4.99 Å². The molecule has 2 atom stereocenters. The molecule has 156 valence electrons. The largest absolute Gasteiger partial charge is 0.444 e. The monoisotopic (exact) mass is 494 g/mol. The molecule has 1 N–H and O–H groups in total. The zero-order chi connectivity index (χ0) is 18.6. The van der Waals surface area contributed by atoms with Crippen LogP contribution in [0, 0.1) is 0 Å². The first-order valence-corrected chi connectivity index (χ1v) is 10.1. The summed E-state index contributed by atoms with van der Waals surface area (Å²) in [6.07, 6.45) is 6.17. The number of nitrogens with one attached hydrogen (secondary N) is 1. The Balaban J connectivity index is 0.00000261. The molecule has 0 aromatic heterocycles. The van der Waals surface area contributed by atoms with Gasteiger partial charge in [-0.25, -0.2) is 4.79 Å². The van der Waals surface area contributed by atoms with Crippen LogP contribution in [-0.2, 0) is 9.47 Å². The van der Waals surface area contributed by atoms with Crippen molar-refractivity contribution in [2.24, 2.45) is 4.99 Å². The van der Waals surface area contributed by atoms with Crippen LogP contribution >= 0.6 is 24.0 Å². The summed E-state index contributed by atoms with van der Waals surface area (Å²) in [5, 5.41) is 3.49. The van der Waals surface area contributed by atoms with Crippen LogP contribution in [0.15, 0.2) is 4.99 Å². The maximum Gasteiger partial charge on any atom is 0.410 e. The van der Waals surface area contributed by atoms with E-state index >= 15 is 0 Å². The lowest BCUT2D eigenvalue weighted by molar-refractivity contribution is 0.0103. The second kappa shape index (κ2) is 10.1. The lowest BCUT2D eigenvalue weighted by Crippen LogP contribution is -2.57. The smallest absolute Gasteiger partial charge is 0.410 e. The van der Waals surface area contributed by atoms with Crippen LogP contribution in [0.25, 0.3) is 0 Å². The number of aliphatic imine (C=N–C) groups is 1. The van der Waals surface area contributed by atoms with Crippen LogP contribution in [0.1, 0.15) is 52.9 Å². The third kappa shape index (κ3) is 6.66. The highest BCUT2D eigenvalue weighted by molar-refractivity contribution is 14.0. The first kappa shape index (κ1) is 22.5. The molecule has 0 spiro atoms. The molecule has 0 radical (unpaired) electrons. The van der Waals surface area contributed by atoms with Gasteiger partial charge < -0.3 is 24.6 Å². The molecular formula is C19H35IN4O3. The fraction of sp³-hybridized carbons (Fsp3) is 0.895. The molecule has 1 amide bonds. The first-order valence-electron chi connectivity index (χ1n) is 10.1. The van der Waals surface area contributed by atoms with Gasteiger partial charge in [0.15, 0.2) is 5.96 Å². The van der Waals surface area contributed by atoms with Crippen molar-refractivity contribution >= 4 is 36.0 Å². The van der Waals surface area contributed by atoms with Crippen LogP contribution in [0.4, 0.5) is 4.79 Å². The number of halogens is 1. The summed E-state index contributed by atoms with van der Waals surface area (Å²) in [6.45, 7) is 10.5. The van der Waals surface area contributed by atoms with E-state index in [1.54, 1.807) is 0 Å². The van der Waals surface area contributed by atoms with E-state index in [2.05, 4.69) is 15.2 Å². The van der Waals surface area contributed by atoms with Gasteiger partial charge in [0.05, 0.1) is 18.7 Å². The average Bonchev–Trinajstić information content (AvgIpc) is 3.00. The Morgan fingerprint density at radius 2 is 2.15 bits per heavy atom. The number of fused-ring (bicyclic) bond motifs is 1. The van der Waals surface area contributed by atoms with Crippen LogP contribution in [0.3, 0.4) is 0 Å². The van der Waals surface area contributed by atoms with E-state index < -0.39 is 5.60 Å². The minimum atomic E-state index is -0.449. The van der Waals surface area contributed by atoms with Gasteiger partial charge in [0.1, 0.15) is 5.60 Å². The maximum atomic E-state index is 12.3. The van der Waals surface area contributed by atoms with Gasteiger partial charge in [0.25, 0.3) is 0 Å². The molecule has 0 bridgehead atoms. The molecule has 0 saturated carbocycles. The zero-order valence-electron chi connectivity index (χ0n) is 16.9. The van der Waals surface area contributed by atoms with Crippen LogP contribution in [0.2, 0.25) is 0 Å². The Bertz CT molecular complexity index is 518. The Labute approximate surface area is 180 Å². The van der Waals surface area contributed by atoms with E-state index in [0.717, 1.165) is 45.0 Å². The molecule has 0 aliphatic carbocycles. The number of hydrogen-bond donors (Lipinski definition) is 1. The number of guanidine groups is 1. The predicted octanol–water partition coefficient (Wildman–Crippen LogP) is 2.83. The summed E-state index contributed by atoms with van der Waals surface area (Å²) in [4.78, 5) is 21.0. The molecule has 3 aliphatic rings. The number of nitrogens with zero attached hydrogens (tertiary/aromatic N) is 3. The molecule has 0 aromatic carbocycles. The molecule has 7 nitrogen and oxygen atoms in total.